The summed E-state index contributed by atoms with van der Waals surface area (Å²) in [6.45, 7) is 8.37. The predicted octanol–water partition coefficient (Wildman–Crippen LogP) is -2.31. The molecular formula is C15H28Cl2NOSiTi. The molecule has 2 nitrogen and oxygen atoms in total. The number of unbranched alkanes of at least 4 members (excludes halogenated alkanes) is 1. The number of nitrogens with one attached hydrogen (secondary N) is 1. The van der Waals surface area contributed by atoms with Crippen LogP contribution in [0, 0.1) is 5.92 Å². The number of carbonyl (C=O) groups is 1. The molecule has 121 valence electrons. The van der Waals surface area contributed by atoms with Gasteiger partial charge in [-0.15, -0.1) is 0 Å². The first-order chi connectivity index (χ1) is 9.10. The van der Waals surface area contributed by atoms with E-state index in [0.717, 1.165) is 19.3 Å². The molecule has 0 aromatic carbocycles. The number of allylic oxidation sites excluding steroid dienone is 4. The summed E-state index contributed by atoms with van der Waals surface area (Å²) in [6, 6.07) is 0. The minimum absolute atomic E-state index is 0. The first kappa shape index (κ1) is 23.7. The van der Waals surface area contributed by atoms with Crippen LogP contribution in [0.5, 0.6) is 0 Å². The summed E-state index contributed by atoms with van der Waals surface area (Å²) in [5, 5.41) is 0. The molecule has 0 radical (unpaired) electrons. The second-order valence-corrected chi connectivity index (χ2v) is 18.4. The van der Waals surface area contributed by atoms with E-state index in [4.69, 9.17) is 0 Å². The van der Waals surface area contributed by atoms with E-state index < -0.39 is 24.0 Å². The molecule has 1 aliphatic carbocycles. The zero-order valence-corrected chi connectivity index (χ0v) is 17.8. The first-order valence-electron chi connectivity index (χ1n) is 7.63. The van der Waals surface area contributed by atoms with Gasteiger partial charge in [-0.3, -0.25) is 0 Å². The molecule has 0 aromatic heterocycles. The van der Waals surface area contributed by atoms with Crippen LogP contribution in [0.1, 0.15) is 46.0 Å². The van der Waals surface area contributed by atoms with E-state index in [1.54, 1.807) is 3.88 Å². The summed E-state index contributed by atoms with van der Waals surface area (Å²) in [7, 11) is 0. The van der Waals surface area contributed by atoms with Gasteiger partial charge in [0.2, 0.25) is 0 Å². The summed E-state index contributed by atoms with van der Waals surface area (Å²) < 4.78 is 5.07. The van der Waals surface area contributed by atoms with Crippen molar-refractivity contribution in [2.75, 3.05) is 0 Å². The number of halogens is 2. The zero-order valence-electron chi connectivity index (χ0n) is 13.6. The van der Waals surface area contributed by atoms with Crippen molar-refractivity contribution >= 4 is 12.6 Å². The third-order valence-corrected chi connectivity index (χ3v) is 14.9. The molecule has 0 aliphatic heterocycles. The van der Waals surface area contributed by atoms with Crippen LogP contribution in [0.25, 0.3) is 0 Å². The minimum atomic E-state index is -1.49. The van der Waals surface area contributed by atoms with Crippen molar-refractivity contribution < 1.29 is 47.0 Å². The molecule has 0 heterocycles. The van der Waals surface area contributed by atoms with E-state index >= 15 is 0 Å². The van der Waals surface area contributed by atoms with E-state index in [2.05, 4.69) is 49.0 Å². The van der Waals surface area contributed by atoms with Gasteiger partial charge in [0.25, 0.3) is 0 Å². The molecule has 0 saturated carbocycles. The van der Waals surface area contributed by atoms with Crippen molar-refractivity contribution in [2.24, 2.45) is 5.92 Å². The predicted molar refractivity (Wildman–Crippen MR) is 82.2 cm³/mol. The fraction of sp³-hybridized carbons (Fsp3) is 0.667. The molecule has 0 bridgehead atoms. The molecule has 1 atom stereocenters. The number of hydrogen-bond acceptors (Lipinski definition) is 1. The van der Waals surface area contributed by atoms with Gasteiger partial charge in [0.1, 0.15) is 0 Å². The van der Waals surface area contributed by atoms with Crippen LogP contribution in [-0.2, 0) is 22.2 Å². The van der Waals surface area contributed by atoms with E-state index in [0.29, 0.717) is 5.91 Å². The fourth-order valence-corrected chi connectivity index (χ4v) is 11.7. The van der Waals surface area contributed by atoms with Gasteiger partial charge < -0.3 is 24.8 Å². The van der Waals surface area contributed by atoms with Gasteiger partial charge in [-0.1, -0.05) is 0 Å². The van der Waals surface area contributed by atoms with Crippen LogP contribution < -0.4 is 28.6 Å². The Bertz CT molecular complexity index is 362. The second-order valence-electron chi connectivity index (χ2n) is 5.63. The third kappa shape index (κ3) is 8.03. The molecule has 0 aromatic rings. The molecule has 1 amide bonds. The Hall–Kier alpha value is 0.461. The third-order valence-electron chi connectivity index (χ3n) is 3.72. The molecule has 0 spiro atoms. The van der Waals surface area contributed by atoms with Crippen molar-refractivity contribution in [1.29, 1.82) is 0 Å². The van der Waals surface area contributed by atoms with Crippen molar-refractivity contribution in [3.05, 3.63) is 22.1 Å². The SMILES string of the molecule is CCCCC(CC)C(=O)[NH][Ti+2]([C]1=CC=CC1)[SiH](C)C.[Cl-].[Cl-]. The van der Waals surface area contributed by atoms with Gasteiger partial charge in [0, 0.05) is 0 Å². The smallest absolute Gasteiger partial charge is 1.00 e. The number of carbonyl (C=O) groups excluding carboxylic acids is 1. The van der Waals surface area contributed by atoms with Crippen LogP contribution in [0.3, 0.4) is 0 Å². The number of rotatable bonds is 8. The molecule has 21 heavy (non-hydrogen) atoms. The van der Waals surface area contributed by atoms with Gasteiger partial charge in [-0.2, -0.15) is 0 Å². The van der Waals surface area contributed by atoms with Gasteiger partial charge in [0.15, 0.2) is 0 Å². The van der Waals surface area contributed by atoms with Crippen LogP contribution in [0.15, 0.2) is 22.1 Å². The van der Waals surface area contributed by atoms with Crippen LogP contribution in [0.4, 0.5) is 0 Å². The maximum atomic E-state index is 12.5. The van der Waals surface area contributed by atoms with Gasteiger partial charge in [0.05, 0.1) is 0 Å². The molecule has 0 saturated heterocycles. The van der Waals surface area contributed by atoms with Crippen molar-refractivity contribution in [1.82, 2.24) is 3.80 Å². The van der Waals surface area contributed by atoms with Crippen LogP contribution >= 0.6 is 0 Å². The second kappa shape index (κ2) is 13.0. The molecule has 1 unspecified atom stereocenters. The van der Waals surface area contributed by atoms with Crippen molar-refractivity contribution in [3.8, 4) is 0 Å². The van der Waals surface area contributed by atoms with E-state index in [-0.39, 0.29) is 30.7 Å². The molecule has 0 fully saturated rings. The van der Waals surface area contributed by atoms with Gasteiger partial charge in [-0.25, -0.2) is 0 Å². The van der Waals surface area contributed by atoms with Crippen molar-refractivity contribution in [3.63, 3.8) is 0 Å². The Kier molecular flexibility index (Phi) is 14.6. The first-order valence-corrected chi connectivity index (χ1v) is 14.8. The molecule has 6 heteroatoms. The summed E-state index contributed by atoms with van der Waals surface area (Å²) in [4.78, 5) is 12.5. The summed E-state index contributed by atoms with van der Waals surface area (Å²) >= 11 is -1.49. The Labute approximate surface area is 150 Å². The largest absolute Gasteiger partial charge is 1.00 e. The van der Waals surface area contributed by atoms with Crippen LogP contribution in [-0.4, -0.2) is 12.6 Å². The Morgan fingerprint density at radius 2 is 2.05 bits per heavy atom. The van der Waals surface area contributed by atoms with E-state index in [1.807, 2.05) is 0 Å². The Morgan fingerprint density at radius 1 is 1.38 bits per heavy atom. The molecule has 1 rings (SSSR count). The van der Waals surface area contributed by atoms with E-state index in [1.165, 1.54) is 12.8 Å². The van der Waals surface area contributed by atoms with Gasteiger partial charge in [-0.05, 0) is 0 Å². The topological polar surface area (TPSA) is 29.1 Å². The minimum Gasteiger partial charge on any atom is -1.00 e. The summed E-state index contributed by atoms with van der Waals surface area (Å²) in [5.41, 5.74) is 0. The quantitative estimate of drug-likeness (QED) is 0.468. The maximum Gasteiger partial charge on any atom is -1.00 e. The number of amides is 1. The fourth-order valence-electron chi connectivity index (χ4n) is 2.45. The number of hydrogen-bond donors (Lipinski definition) is 1. The molecule has 1 N–H and O–H groups in total. The zero-order chi connectivity index (χ0) is 14.3. The normalized spacial score (nSPS) is 14.0. The molecule has 1 aliphatic rings. The monoisotopic (exact) mass is 384 g/mol. The van der Waals surface area contributed by atoms with Crippen molar-refractivity contribution in [2.45, 2.75) is 59.0 Å². The maximum absolute atomic E-state index is 12.5. The molecular weight excluding hydrogens is 357 g/mol. The average molecular weight is 385 g/mol. The Balaban J connectivity index is 0. The summed E-state index contributed by atoms with van der Waals surface area (Å²) in [5.74, 6) is 0.588. The average Bonchev–Trinajstić information content (AvgIpc) is 2.90. The van der Waals surface area contributed by atoms with Crippen LogP contribution in [0.2, 0.25) is 13.1 Å². The standard InChI is InChI=1S/C8H17NO.C5H5.C2H7Si.2ClH.Ti/c1-3-5-6-7(4-2)8(9)10;1-2-4-5-3-1;1-3-2;;;/h7H,3-6H2,1-2H3,(H2,9,10);1-3H,4H2;3H,1-2H3;2*1H;/q;;;;;+3/p-3. The Morgan fingerprint density at radius 3 is 2.48 bits per heavy atom. The van der Waals surface area contributed by atoms with Gasteiger partial charge >= 0.3 is 126 Å². The summed E-state index contributed by atoms with van der Waals surface area (Å²) in [6.07, 6.45) is 12.1. The van der Waals surface area contributed by atoms with E-state index in [9.17, 15) is 4.79 Å².